The molecule has 0 spiro atoms. The van der Waals surface area contributed by atoms with E-state index in [0.29, 0.717) is 16.1 Å². The lowest BCUT2D eigenvalue weighted by molar-refractivity contribution is -0.119. The van der Waals surface area contributed by atoms with Gasteiger partial charge in [0.2, 0.25) is 5.91 Å². The molecule has 2 N–H and O–H groups in total. The number of aromatic nitrogens is 1. The number of carbonyl (C=O) groups is 2. The van der Waals surface area contributed by atoms with Crippen LogP contribution in [0.2, 0.25) is 5.02 Å². The summed E-state index contributed by atoms with van der Waals surface area (Å²) in [4.78, 5) is 31.4. The number of nitrogens with zero attached hydrogens (tertiary/aromatic N) is 2. The number of rotatable bonds is 6. The maximum Gasteiger partial charge on any atom is 0.323 e. The zero-order valence-corrected chi connectivity index (χ0v) is 21.5. The summed E-state index contributed by atoms with van der Waals surface area (Å²) < 4.78 is 44.6. The van der Waals surface area contributed by atoms with E-state index in [4.69, 9.17) is 16.3 Å². The van der Waals surface area contributed by atoms with Crippen LogP contribution in [0.4, 0.5) is 20.7 Å². The monoisotopic (exact) mass is 546 g/mol. The zero-order chi connectivity index (χ0) is 26.7. The van der Waals surface area contributed by atoms with Gasteiger partial charge in [0.15, 0.2) is 9.84 Å². The van der Waals surface area contributed by atoms with Gasteiger partial charge in [0, 0.05) is 38.1 Å². The summed E-state index contributed by atoms with van der Waals surface area (Å²) in [5, 5.41) is 5.56. The third-order valence-corrected chi connectivity index (χ3v) is 7.32. The molecule has 0 radical (unpaired) electrons. The van der Waals surface area contributed by atoms with Gasteiger partial charge in [0.1, 0.15) is 17.7 Å². The van der Waals surface area contributed by atoms with Gasteiger partial charge in [0.05, 0.1) is 21.7 Å². The molecule has 0 bridgehead atoms. The smallest absolute Gasteiger partial charge is 0.323 e. The Kier molecular flexibility index (Phi) is 7.76. The molecule has 12 heteroatoms. The third kappa shape index (κ3) is 6.07. The van der Waals surface area contributed by atoms with E-state index in [0.717, 1.165) is 12.3 Å². The summed E-state index contributed by atoms with van der Waals surface area (Å²) in [5.41, 5.74) is 0.582. The van der Waals surface area contributed by atoms with Crippen molar-refractivity contribution in [3.8, 4) is 11.1 Å². The fraction of sp³-hybridized carbons (Fsp3) is 0.240. The number of carbonyl (C=O) groups excluding carboxylic acids is 2. The number of anilines is 2. The molecule has 1 aliphatic heterocycles. The highest BCUT2D eigenvalue weighted by Gasteiger charge is 2.40. The zero-order valence-electron chi connectivity index (χ0n) is 19.9. The quantitative estimate of drug-likeness (QED) is 0.478. The summed E-state index contributed by atoms with van der Waals surface area (Å²) in [7, 11) is -2.06. The number of sulfone groups is 1. The molecule has 37 heavy (non-hydrogen) atoms. The van der Waals surface area contributed by atoms with Gasteiger partial charge in [-0.2, -0.15) is 0 Å². The normalized spacial score (nSPS) is 17.5. The van der Waals surface area contributed by atoms with Crippen molar-refractivity contribution in [3.63, 3.8) is 0 Å². The van der Waals surface area contributed by atoms with E-state index >= 15 is 4.39 Å². The summed E-state index contributed by atoms with van der Waals surface area (Å²) in [6.45, 7) is 0.151. The minimum absolute atomic E-state index is 0.0691. The van der Waals surface area contributed by atoms with Gasteiger partial charge in [-0.05, 0) is 35.9 Å². The Morgan fingerprint density at radius 3 is 2.54 bits per heavy atom. The van der Waals surface area contributed by atoms with Crippen molar-refractivity contribution in [3.05, 3.63) is 71.6 Å². The molecule has 1 aromatic heterocycles. The van der Waals surface area contributed by atoms with Gasteiger partial charge in [-0.3, -0.25) is 10.1 Å². The Morgan fingerprint density at radius 2 is 1.89 bits per heavy atom. The molecule has 0 unspecified atom stereocenters. The minimum Gasteiger partial charge on any atom is -0.380 e. The number of urea groups is 1. The number of halogens is 2. The first-order valence-electron chi connectivity index (χ1n) is 11.2. The Labute approximate surface area is 218 Å². The largest absolute Gasteiger partial charge is 0.380 e. The van der Waals surface area contributed by atoms with Crippen LogP contribution in [0.25, 0.3) is 11.1 Å². The second kappa shape index (κ2) is 10.8. The minimum atomic E-state index is -3.54. The van der Waals surface area contributed by atoms with Crippen LogP contribution in [0.3, 0.4) is 0 Å². The number of pyridine rings is 1. The predicted molar refractivity (Wildman–Crippen MR) is 138 cm³/mol. The lowest BCUT2D eigenvalue weighted by Crippen LogP contribution is -2.45. The molecule has 1 saturated heterocycles. The van der Waals surface area contributed by atoms with Crippen molar-refractivity contribution < 1.29 is 27.1 Å². The molecule has 9 nitrogen and oxygen atoms in total. The molecule has 1 fully saturated rings. The lowest BCUT2D eigenvalue weighted by atomic mass is 10.0. The highest BCUT2D eigenvalue weighted by molar-refractivity contribution is 7.90. The van der Waals surface area contributed by atoms with Crippen LogP contribution >= 0.6 is 11.6 Å². The highest BCUT2D eigenvalue weighted by atomic mass is 35.5. The molecule has 1 aliphatic rings. The number of ether oxygens (including phenoxy) is 1. The lowest BCUT2D eigenvalue weighted by Gasteiger charge is -2.24. The topological polar surface area (TPSA) is 118 Å². The number of nitrogens with one attached hydrogen (secondary N) is 2. The number of hydrogen-bond acceptors (Lipinski definition) is 6. The Bertz CT molecular complexity index is 1440. The van der Waals surface area contributed by atoms with Crippen LogP contribution in [0, 0.1) is 5.82 Å². The van der Waals surface area contributed by atoms with Crippen LogP contribution in [-0.2, 0) is 19.4 Å². The van der Waals surface area contributed by atoms with Crippen molar-refractivity contribution in [1.29, 1.82) is 0 Å². The molecule has 2 heterocycles. The van der Waals surface area contributed by atoms with Crippen LogP contribution in [0.5, 0.6) is 0 Å². The molecular formula is C25H24ClFN4O5S. The van der Waals surface area contributed by atoms with Gasteiger partial charge in [-0.25, -0.2) is 22.6 Å². The van der Waals surface area contributed by atoms with E-state index < -0.39 is 33.6 Å². The van der Waals surface area contributed by atoms with Crippen molar-refractivity contribution in [2.75, 3.05) is 30.5 Å². The number of benzene rings is 2. The Hall–Kier alpha value is -3.54. The fourth-order valence-electron chi connectivity index (χ4n) is 4.10. The standard InChI is InChI=1S/C25H24ClFN4O5S/c1-36-17-12-21(31(14-17)25(33)30-23-10-8-16(26)13-28-23)24(32)29-20-9-7-15(11-19(20)27)18-5-3-4-6-22(18)37(2,34)35/h3-11,13,17,21H,12,14H2,1-2H3,(H,29,32)(H,28,30,33)/t17-,21-/m1/s1. The molecule has 3 amide bonds. The molecule has 194 valence electrons. The van der Waals surface area contributed by atoms with Crippen LogP contribution in [0.1, 0.15) is 6.42 Å². The molecular weight excluding hydrogens is 523 g/mol. The first kappa shape index (κ1) is 26.5. The molecule has 0 aliphatic carbocycles. The molecule has 3 aromatic rings. The van der Waals surface area contributed by atoms with E-state index in [2.05, 4.69) is 15.6 Å². The average Bonchev–Trinajstić information content (AvgIpc) is 3.31. The third-order valence-electron chi connectivity index (χ3n) is 5.95. The molecule has 4 rings (SSSR count). The van der Waals surface area contributed by atoms with Gasteiger partial charge in [-0.1, -0.05) is 35.9 Å². The Balaban J connectivity index is 1.53. The second-order valence-electron chi connectivity index (χ2n) is 8.51. The molecule has 0 saturated carbocycles. The summed E-state index contributed by atoms with van der Waals surface area (Å²) in [6, 6.07) is 11.9. The van der Waals surface area contributed by atoms with Gasteiger partial charge in [0.25, 0.3) is 0 Å². The van der Waals surface area contributed by atoms with Crippen molar-refractivity contribution in [2.24, 2.45) is 0 Å². The van der Waals surface area contributed by atoms with Crippen LogP contribution in [-0.4, -0.2) is 62.3 Å². The summed E-state index contributed by atoms with van der Waals surface area (Å²) in [6.07, 6.45) is 2.28. The first-order chi connectivity index (χ1) is 17.6. The van der Waals surface area contributed by atoms with Crippen LogP contribution < -0.4 is 10.6 Å². The number of likely N-dealkylation sites (tertiary alicyclic amines) is 1. The first-order valence-corrected chi connectivity index (χ1v) is 13.5. The summed E-state index contributed by atoms with van der Waals surface area (Å²) >= 11 is 5.83. The number of amides is 3. The maximum absolute atomic E-state index is 15.0. The van der Waals surface area contributed by atoms with E-state index in [1.807, 2.05) is 0 Å². The van der Waals surface area contributed by atoms with E-state index in [-0.39, 0.29) is 35.5 Å². The van der Waals surface area contributed by atoms with Gasteiger partial charge in [-0.15, -0.1) is 0 Å². The van der Waals surface area contributed by atoms with Crippen molar-refractivity contribution >= 4 is 44.9 Å². The van der Waals surface area contributed by atoms with E-state index in [1.54, 1.807) is 24.3 Å². The molecule has 2 atom stereocenters. The summed E-state index contributed by atoms with van der Waals surface area (Å²) in [5.74, 6) is -1.09. The Morgan fingerprint density at radius 1 is 1.14 bits per heavy atom. The highest BCUT2D eigenvalue weighted by Crippen LogP contribution is 2.30. The average molecular weight is 547 g/mol. The SMILES string of the molecule is CO[C@@H]1C[C@H](C(=O)Nc2ccc(-c3ccccc3S(C)(=O)=O)cc2F)N(C(=O)Nc2ccc(Cl)cn2)C1. The maximum atomic E-state index is 15.0. The number of methoxy groups -OCH3 is 1. The predicted octanol–water partition coefficient (Wildman–Crippen LogP) is 4.20. The van der Waals surface area contributed by atoms with Gasteiger partial charge < -0.3 is 15.0 Å². The fourth-order valence-corrected chi connectivity index (χ4v) is 5.12. The number of hydrogen-bond donors (Lipinski definition) is 2. The van der Waals surface area contributed by atoms with Crippen molar-refractivity contribution in [2.45, 2.75) is 23.5 Å². The molecule has 2 aromatic carbocycles. The van der Waals surface area contributed by atoms with Crippen molar-refractivity contribution in [1.82, 2.24) is 9.88 Å². The van der Waals surface area contributed by atoms with E-state index in [1.165, 1.54) is 42.5 Å². The van der Waals surface area contributed by atoms with Crippen LogP contribution in [0.15, 0.2) is 65.7 Å². The van der Waals surface area contributed by atoms with E-state index in [9.17, 15) is 18.0 Å². The second-order valence-corrected chi connectivity index (χ2v) is 10.9. The van der Waals surface area contributed by atoms with Gasteiger partial charge >= 0.3 is 6.03 Å².